The van der Waals surface area contributed by atoms with Crippen LogP contribution in [0.15, 0.2) is 23.9 Å². The number of nitro groups is 1. The van der Waals surface area contributed by atoms with Gasteiger partial charge >= 0.3 is 5.82 Å². The minimum atomic E-state index is -0.475. The van der Waals surface area contributed by atoms with Crippen LogP contribution in [0.1, 0.15) is 37.7 Å². The third kappa shape index (κ3) is 2.66. The fraction of sp³-hybridized carbons (Fsp3) is 0.417. The fourth-order valence-electron chi connectivity index (χ4n) is 1.98. The van der Waals surface area contributed by atoms with E-state index in [1.165, 1.54) is 30.9 Å². The maximum atomic E-state index is 10.4. The molecule has 1 heterocycles. The first kappa shape index (κ1) is 10.8. The van der Waals surface area contributed by atoms with E-state index in [1.807, 2.05) is 0 Å². The Hall–Kier alpha value is -1.71. The molecule has 84 valence electrons. The van der Waals surface area contributed by atoms with Gasteiger partial charge in [0.05, 0.1) is 0 Å². The molecule has 1 saturated carbocycles. The molecular formula is C12H14N2O2. The number of nitrogens with zero attached hydrogens (tertiary/aromatic N) is 2. The van der Waals surface area contributed by atoms with Crippen LogP contribution in [0.2, 0.25) is 0 Å². The molecule has 1 fully saturated rings. The van der Waals surface area contributed by atoms with Crippen LogP contribution in [0.25, 0.3) is 6.08 Å². The summed E-state index contributed by atoms with van der Waals surface area (Å²) in [6, 6.07) is 3.21. The van der Waals surface area contributed by atoms with Gasteiger partial charge in [0.15, 0.2) is 0 Å². The highest BCUT2D eigenvalue weighted by atomic mass is 16.6. The van der Waals surface area contributed by atoms with Crippen molar-refractivity contribution in [3.8, 4) is 0 Å². The molecule has 2 rings (SSSR count). The minimum Gasteiger partial charge on any atom is -0.358 e. The molecule has 0 spiro atoms. The van der Waals surface area contributed by atoms with E-state index >= 15 is 0 Å². The first-order valence-electron chi connectivity index (χ1n) is 5.55. The van der Waals surface area contributed by atoms with Gasteiger partial charge in [0.25, 0.3) is 0 Å². The highest BCUT2D eigenvalue weighted by Gasteiger charge is 2.08. The second-order valence-corrected chi connectivity index (χ2v) is 4.07. The van der Waals surface area contributed by atoms with Gasteiger partial charge in [-0.05, 0) is 41.7 Å². The summed E-state index contributed by atoms with van der Waals surface area (Å²) in [6.07, 6.45) is 9.80. The van der Waals surface area contributed by atoms with Gasteiger partial charge in [-0.25, -0.2) is 0 Å². The van der Waals surface area contributed by atoms with Crippen molar-refractivity contribution < 1.29 is 4.92 Å². The van der Waals surface area contributed by atoms with Crippen molar-refractivity contribution in [1.82, 2.24) is 4.98 Å². The molecule has 0 aromatic carbocycles. The lowest BCUT2D eigenvalue weighted by molar-refractivity contribution is -0.389. The second-order valence-electron chi connectivity index (χ2n) is 4.07. The summed E-state index contributed by atoms with van der Waals surface area (Å²) in [5.74, 6) is -0.0919. The topological polar surface area (TPSA) is 56.0 Å². The van der Waals surface area contributed by atoms with E-state index in [0.29, 0.717) is 0 Å². The summed E-state index contributed by atoms with van der Waals surface area (Å²) >= 11 is 0. The van der Waals surface area contributed by atoms with Gasteiger partial charge in [-0.15, -0.1) is 0 Å². The number of pyridine rings is 1. The van der Waals surface area contributed by atoms with Gasteiger partial charge in [-0.2, -0.15) is 0 Å². The highest BCUT2D eigenvalue weighted by Crippen LogP contribution is 2.24. The summed E-state index contributed by atoms with van der Waals surface area (Å²) in [5.41, 5.74) is 2.39. The summed E-state index contributed by atoms with van der Waals surface area (Å²) in [4.78, 5) is 13.8. The van der Waals surface area contributed by atoms with Crippen molar-refractivity contribution in [2.24, 2.45) is 0 Å². The van der Waals surface area contributed by atoms with Crippen LogP contribution in [-0.2, 0) is 0 Å². The van der Waals surface area contributed by atoms with Crippen LogP contribution in [0.4, 0.5) is 5.82 Å². The van der Waals surface area contributed by atoms with Gasteiger partial charge in [-0.3, -0.25) is 0 Å². The Balaban J connectivity index is 2.12. The molecule has 0 saturated heterocycles. The molecule has 0 N–H and O–H groups in total. The molecule has 1 aliphatic carbocycles. The Labute approximate surface area is 94.2 Å². The molecule has 1 aromatic heterocycles. The molecule has 0 bridgehead atoms. The molecule has 0 aliphatic heterocycles. The molecule has 0 amide bonds. The van der Waals surface area contributed by atoms with Crippen molar-refractivity contribution >= 4 is 11.9 Å². The molecule has 4 nitrogen and oxygen atoms in total. The van der Waals surface area contributed by atoms with Crippen LogP contribution in [0.3, 0.4) is 0 Å². The normalized spacial score (nSPS) is 15.9. The lowest BCUT2D eigenvalue weighted by Crippen LogP contribution is -1.94. The standard InChI is InChI=1S/C12H14N2O2/c15-14(16)12-7-6-11(9-13-12)8-10-4-2-1-3-5-10/h6-9H,1-5H2. The van der Waals surface area contributed by atoms with E-state index in [-0.39, 0.29) is 5.82 Å². The van der Waals surface area contributed by atoms with Gasteiger partial charge in [0.1, 0.15) is 6.20 Å². The third-order valence-corrected chi connectivity index (χ3v) is 2.82. The highest BCUT2D eigenvalue weighted by molar-refractivity contribution is 5.52. The van der Waals surface area contributed by atoms with Gasteiger partial charge in [0.2, 0.25) is 0 Å². The van der Waals surface area contributed by atoms with Crippen molar-refractivity contribution in [2.45, 2.75) is 32.1 Å². The number of allylic oxidation sites excluding steroid dienone is 1. The van der Waals surface area contributed by atoms with Gasteiger partial charge < -0.3 is 10.1 Å². The van der Waals surface area contributed by atoms with E-state index in [4.69, 9.17) is 0 Å². The molecule has 16 heavy (non-hydrogen) atoms. The molecule has 1 aliphatic rings. The van der Waals surface area contributed by atoms with Crippen LogP contribution in [0.5, 0.6) is 0 Å². The minimum absolute atomic E-state index is 0.0919. The van der Waals surface area contributed by atoms with E-state index in [2.05, 4.69) is 11.1 Å². The molecule has 0 atom stereocenters. The summed E-state index contributed by atoms with van der Waals surface area (Å²) in [6.45, 7) is 0. The smallest absolute Gasteiger partial charge is 0.358 e. The first-order chi connectivity index (χ1) is 7.75. The maximum absolute atomic E-state index is 10.4. The molecule has 1 aromatic rings. The monoisotopic (exact) mass is 218 g/mol. The molecule has 0 radical (unpaired) electrons. The van der Waals surface area contributed by atoms with Gasteiger partial charge in [-0.1, -0.05) is 18.1 Å². The number of hydrogen-bond acceptors (Lipinski definition) is 3. The summed E-state index contributed by atoms with van der Waals surface area (Å²) < 4.78 is 0. The number of hydrogen-bond donors (Lipinski definition) is 0. The Kier molecular flexibility index (Phi) is 3.29. The maximum Gasteiger partial charge on any atom is 0.363 e. The van der Waals surface area contributed by atoms with Crippen molar-refractivity contribution in [3.05, 3.63) is 39.6 Å². The molecule has 0 unspecified atom stereocenters. The van der Waals surface area contributed by atoms with E-state index < -0.39 is 4.92 Å². The Morgan fingerprint density at radius 1 is 1.25 bits per heavy atom. The summed E-state index contributed by atoms with van der Waals surface area (Å²) in [7, 11) is 0. The zero-order valence-corrected chi connectivity index (χ0v) is 9.06. The average molecular weight is 218 g/mol. The van der Waals surface area contributed by atoms with Crippen molar-refractivity contribution in [1.29, 1.82) is 0 Å². The van der Waals surface area contributed by atoms with Crippen LogP contribution in [0, 0.1) is 10.1 Å². The zero-order valence-electron chi connectivity index (χ0n) is 9.06. The fourth-order valence-corrected chi connectivity index (χ4v) is 1.98. The van der Waals surface area contributed by atoms with Crippen molar-refractivity contribution in [2.75, 3.05) is 0 Å². The second kappa shape index (κ2) is 4.88. The van der Waals surface area contributed by atoms with Crippen LogP contribution >= 0.6 is 0 Å². The Bertz CT molecular complexity index is 402. The van der Waals surface area contributed by atoms with E-state index in [0.717, 1.165) is 18.4 Å². The molecule has 4 heteroatoms. The van der Waals surface area contributed by atoms with Crippen LogP contribution in [-0.4, -0.2) is 9.91 Å². The largest absolute Gasteiger partial charge is 0.363 e. The third-order valence-electron chi connectivity index (χ3n) is 2.82. The van der Waals surface area contributed by atoms with Gasteiger partial charge in [0, 0.05) is 11.6 Å². The lowest BCUT2D eigenvalue weighted by Gasteiger charge is -2.12. The van der Waals surface area contributed by atoms with Crippen molar-refractivity contribution in [3.63, 3.8) is 0 Å². The summed E-state index contributed by atoms with van der Waals surface area (Å²) in [5, 5.41) is 10.4. The lowest BCUT2D eigenvalue weighted by atomic mass is 9.94. The predicted octanol–water partition coefficient (Wildman–Crippen LogP) is 3.34. The average Bonchev–Trinajstić information content (AvgIpc) is 2.31. The Morgan fingerprint density at radius 3 is 2.56 bits per heavy atom. The SMILES string of the molecule is O=[N+]([O-])c1ccc(C=C2CCCCC2)cn1. The number of rotatable bonds is 2. The van der Waals surface area contributed by atoms with E-state index in [1.54, 1.807) is 12.3 Å². The molecular weight excluding hydrogens is 204 g/mol. The zero-order chi connectivity index (χ0) is 11.4. The Morgan fingerprint density at radius 2 is 2.00 bits per heavy atom. The predicted molar refractivity (Wildman–Crippen MR) is 62.0 cm³/mol. The first-order valence-corrected chi connectivity index (χ1v) is 5.55. The van der Waals surface area contributed by atoms with Crippen LogP contribution < -0.4 is 0 Å². The quantitative estimate of drug-likeness (QED) is 0.565. The van der Waals surface area contributed by atoms with E-state index in [9.17, 15) is 10.1 Å². The number of aromatic nitrogens is 1.